The normalized spacial score (nSPS) is 24.0. The summed E-state index contributed by atoms with van der Waals surface area (Å²) in [4.78, 5) is 28.1. The number of carboxylic acid groups (broad SMARTS) is 1. The summed E-state index contributed by atoms with van der Waals surface area (Å²) in [6.07, 6.45) is 3.76. The first-order chi connectivity index (χ1) is 11.5. The van der Waals surface area contributed by atoms with E-state index in [1.54, 1.807) is 0 Å². The fourth-order valence-corrected chi connectivity index (χ4v) is 3.51. The number of para-hydroxylation sites is 2. The van der Waals surface area contributed by atoms with Crippen LogP contribution in [-0.4, -0.2) is 27.5 Å². The molecule has 1 heterocycles. The van der Waals surface area contributed by atoms with Gasteiger partial charge in [-0.15, -0.1) is 0 Å². The van der Waals surface area contributed by atoms with Crippen molar-refractivity contribution in [1.82, 2.24) is 10.3 Å². The molecule has 1 saturated carbocycles. The van der Waals surface area contributed by atoms with Crippen molar-refractivity contribution in [2.75, 3.05) is 0 Å². The summed E-state index contributed by atoms with van der Waals surface area (Å²) >= 11 is 0. The number of nitrogens with zero attached hydrogens (tertiary/aromatic N) is 1. The number of rotatable bonds is 5. The van der Waals surface area contributed by atoms with Crippen molar-refractivity contribution in [1.29, 1.82) is 0 Å². The second kappa shape index (κ2) is 6.63. The summed E-state index contributed by atoms with van der Waals surface area (Å²) in [5.41, 5.74) is 0.804. The largest absolute Gasteiger partial charge is 0.481 e. The minimum absolute atomic E-state index is 0.159. The number of nitrogens with one attached hydrogen (secondary N) is 1. The van der Waals surface area contributed by atoms with E-state index in [1.807, 2.05) is 31.2 Å². The van der Waals surface area contributed by atoms with Gasteiger partial charge in [0.1, 0.15) is 5.52 Å². The predicted octanol–water partition coefficient (Wildman–Crippen LogP) is 2.91. The molecule has 128 valence electrons. The highest BCUT2D eigenvalue weighted by Gasteiger charge is 2.42. The standard InChI is InChI=1S/C18H22N2O4/c1-18(11-5-4-6-12(18)17(22)23)20-15(21)9-10-16-19-13-7-2-3-8-14(13)24-16/h2-3,7-8,12H,4-6,9-11H2,1H3,(H,20,21)(H,22,23). The Kier molecular flexibility index (Phi) is 4.55. The summed E-state index contributed by atoms with van der Waals surface area (Å²) in [6, 6.07) is 7.46. The molecule has 2 N–H and O–H groups in total. The number of amides is 1. The highest BCUT2D eigenvalue weighted by molar-refractivity contribution is 5.79. The summed E-state index contributed by atoms with van der Waals surface area (Å²) < 4.78 is 5.61. The predicted molar refractivity (Wildman–Crippen MR) is 88.5 cm³/mol. The van der Waals surface area contributed by atoms with E-state index in [9.17, 15) is 14.7 Å². The molecule has 6 nitrogen and oxygen atoms in total. The first-order valence-corrected chi connectivity index (χ1v) is 8.36. The Morgan fingerprint density at radius 1 is 1.38 bits per heavy atom. The van der Waals surface area contributed by atoms with Crippen LogP contribution in [0.3, 0.4) is 0 Å². The lowest BCUT2D eigenvalue weighted by atomic mass is 9.74. The Morgan fingerprint density at radius 3 is 2.92 bits per heavy atom. The maximum atomic E-state index is 12.3. The SMILES string of the molecule is CC1(NC(=O)CCc2nc3ccccc3o2)CCCCC1C(=O)O. The smallest absolute Gasteiger partial charge is 0.308 e. The number of aromatic nitrogens is 1. The van der Waals surface area contributed by atoms with E-state index in [2.05, 4.69) is 10.3 Å². The molecule has 1 aromatic carbocycles. The van der Waals surface area contributed by atoms with Gasteiger partial charge in [0.15, 0.2) is 11.5 Å². The van der Waals surface area contributed by atoms with E-state index in [0.29, 0.717) is 30.7 Å². The van der Waals surface area contributed by atoms with Crippen LogP contribution < -0.4 is 5.32 Å². The van der Waals surface area contributed by atoms with Gasteiger partial charge in [-0.3, -0.25) is 9.59 Å². The molecular weight excluding hydrogens is 308 g/mol. The lowest BCUT2D eigenvalue weighted by Gasteiger charge is -2.39. The fraction of sp³-hybridized carbons (Fsp3) is 0.500. The van der Waals surface area contributed by atoms with Crippen LogP contribution in [0.15, 0.2) is 28.7 Å². The first-order valence-electron chi connectivity index (χ1n) is 8.36. The highest BCUT2D eigenvalue weighted by Crippen LogP contribution is 2.34. The van der Waals surface area contributed by atoms with Crippen molar-refractivity contribution in [3.05, 3.63) is 30.2 Å². The lowest BCUT2D eigenvalue weighted by Crippen LogP contribution is -2.55. The molecule has 1 amide bonds. The van der Waals surface area contributed by atoms with Crippen LogP contribution in [0.4, 0.5) is 0 Å². The van der Waals surface area contributed by atoms with E-state index in [4.69, 9.17) is 4.42 Å². The van der Waals surface area contributed by atoms with Gasteiger partial charge in [-0.2, -0.15) is 0 Å². The fourth-order valence-electron chi connectivity index (χ4n) is 3.51. The molecule has 0 radical (unpaired) electrons. The second-order valence-corrected chi connectivity index (χ2v) is 6.68. The van der Waals surface area contributed by atoms with E-state index in [-0.39, 0.29) is 12.3 Å². The van der Waals surface area contributed by atoms with Crippen molar-refractivity contribution in [2.24, 2.45) is 5.92 Å². The number of hydrogen-bond acceptors (Lipinski definition) is 4. The van der Waals surface area contributed by atoms with Crippen LogP contribution in [0, 0.1) is 5.92 Å². The van der Waals surface area contributed by atoms with Gasteiger partial charge in [-0.1, -0.05) is 25.0 Å². The molecule has 2 atom stereocenters. The van der Waals surface area contributed by atoms with Crippen molar-refractivity contribution in [2.45, 2.75) is 51.0 Å². The van der Waals surface area contributed by atoms with Crippen LogP contribution in [0.1, 0.15) is 44.9 Å². The Bertz CT molecular complexity index is 721. The Balaban J connectivity index is 1.61. The lowest BCUT2D eigenvalue weighted by molar-refractivity contribution is -0.146. The summed E-state index contributed by atoms with van der Waals surface area (Å²) in [7, 11) is 0. The maximum absolute atomic E-state index is 12.3. The number of oxazole rings is 1. The topological polar surface area (TPSA) is 92.4 Å². The van der Waals surface area contributed by atoms with E-state index >= 15 is 0 Å². The number of benzene rings is 1. The van der Waals surface area contributed by atoms with Crippen molar-refractivity contribution in [3.63, 3.8) is 0 Å². The Labute approximate surface area is 140 Å². The van der Waals surface area contributed by atoms with Gasteiger partial charge in [0, 0.05) is 12.8 Å². The van der Waals surface area contributed by atoms with Crippen molar-refractivity contribution < 1.29 is 19.1 Å². The number of carboxylic acids is 1. The monoisotopic (exact) mass is 330 g/mol. The Morgan fingerprint density at radius 2 is 2.17 bits per heavy atom. The third kappa shape index (κ3) is 3.42. The molecule has 0 saturated heterocycles. The van der Waals surface area contributed by atoms with Crippen LogP contribution in [-0.2, 0) is 16.0 Å². The molecular formula is C18H22N2O4. The van der Waals surface area contributed by atoms with Crippen LogP contribution >= 0.6 is 0 Å². The van der Waals surface area contributed by atoms with Gasteiger partial charge < -0.3 is 14.8 Å². The van der Waals surface area contributed by atoms with Gasteiger partial charge in [0.25, 0.3) is 0 Å². The molecule has 0 bridgehead atoms. The molecule has 1 aliphatic rings. The number of carbonyl (C=O) groups excluding carboxylic acids is 1. The molecule has 0 aliphatic heterocycles. The van der Waals surface area contributed by atoms with Gasteiger partial charge in [-0.05, 0) is 31.9 Å². The van der Waals surface area contributed by atoms with Gasteiger partial charge >= 0.3 is 5.97 Å². The van der Waals surface area contributed by atoms with Gasteiger partial charge in [0.05, 0.1) is 11.5 Å². The third-order valence-corrected chi connectivity index (χ3v) is 4.84. The molecule has 1 aliphatic carbocycles. The van der Waals surface area contributed by atoms with E-state index in [1.165, 1.54) is 0 Å². The number of carbonyl (C=O) groups is 2. The summed E-state index contributed by atoms with van der Waals surface area (Å²) in [6.45, 7) is 1.84. The zero-order valence-electron chi connectivity index (χ0n) is 13.7. The molecule has 0 spiro atoms. The molecule has 24 heavy (non-hydrogen) atoms. The number of aliphatic carboxylic acids is 1. The number of hydrogen-bond donors (Lipinski definition) is 2. The molecule has 2 aromatic rings. The average Bonchev–Trinajstić information content (AvgIpc) is 2.95. The molecule has 6 heteroatoms. The number of fused-ring (bicyclic) bond motifs is 1. The van der Waals surface area contributed by atoms with Gasteiger partial charge in [0.2, 0.25) is 5.91 Å². The zero-order valence-corrected chi connectivity index (χ0v) is 13.7. The minimum Gasteiger partial charge on any atom is -0.481 e. The van der Waals surface area contributed by atoms with Crippen molar-refractivity contribution >= 4 is 23.0 Å². The molecule has 1 fully saturated rings. The van der Waals surface area contributed by atoms with Crippen LogP contribution in [0.25, 0.3) is 11.1 Å². The average molecular weight is 330 g/mol. The Hall–Kier alpha value is -2.37. The second-order valence-electron chi connectivity index (χ2n) is 6.68. The first kappa shape index (κ1) is 16.5. The van der Waals surface area contributed by atoms with Gasteiger partial charge in [-0.25, -0.2) is 4.98 Å². The number of aryl methyl sites for hydroxylation is 1. The quantitative estimate of drug-likeness (QED) is 0.879. The van der Waals surface area contributed by atoms with E-state index < -0.39 is 17.4 Å². The van der Waals surface area contributed by atoms with Crippen molar-refractivity contribution in [3.8, 4) is 0 Å². The summed E-state index contributed by atoms with van der Waals surface area (Å²) in [5.74, 6) is -1.00. The molecule has 1 aromatic heterocycles. The third-order valence-electron chi connectivity index (χ3n) is 4.84. The summed E-state index contributed by atoms with van der Waals surface area (Å²) in [5, 5.41) is 12.3. The molecule has 3 rings (SSSR count). The van der Waals surface area contributed by atoms with E-state index in [0.717, 1.165) is 18.4 Å². The van der Waals surface area contributed by atoms with Crippen LogP contribution in [0.2, 0.25) is 0 Å². The highest BCUT2D eigenvalue weighted by atomic mass is 16.4. The molecule has 2 unspecified atom stereocenters. The zero-order chi connectivity index (χ0) is 17.2. The minimum atomic E-state index is -0.837. The maximum Gasteiger partial charge on any atom is 0.308 e. The van der Waals surface area contributed by atoms with Crippen LogP contribution in [0.5, 0.6) is 0 Å².